The van der Waals surface area contributed by atoms with E-state index >= 15 is 0 Å². The summed E-state index contributed by atoms with van der Waals surface area (Å²) in [5, 5.41) is 14.6. The fraction of sp³-hybridized carbons (Fsp3) is 0.0476. The molecule has 0 aromatic heterocycles. The predicted octanol–water partition coefficient (Wildman–Crippen LogP) is 3.94. The number of hydrogen-bond donors (Lipinski definition) is 1. The summed E-state index contributed by atoms with van der Waals surface area (Å²) in [4.78, 5) is 22.1. The van der Waals surface area contributed by atoms with Crippen molar-refractivity contribution in [1.82, 2.24) is 5.43 Å². The van der Waals surface area contributed by atoms with Crippen molar-refractivity contribution in [2.24, 2.45) is 5.10 Å². The third-order valence-corrected chi connectivity index (χ3v) is 3.83. The number of hydrogen-bond acceptors (Lipinski definition) is 5. The molecule has 7 heteroatoms. The molecule has 0 saturated heterocycles. The number of non-ortho nitro benzene ring substituents is 1. The molecule has 28 heavy (non-hydrogen) atoms. The quantitative estimate of drug-likeness (QED) is 0.384. The standard InChI is InChI=1S/C21H17N3O4/c25-21(18-9-11-19(12-10-18)24(26)27)23-22-14-17-7-4-8-20(13-17)28-15-16-5-2-1-3-6-16/h1-14H,15H2,(H,23,25). The number of nitro groups is 1. The highest BCUT2D eigenvalue weighted by Crippen LogP contribution is 2.14. The van der Waals surface area contributed by atoms with Crippen LogP contribution in [-0.4, -0.2) is 17.0 Å². The molecule has 3 aromatic rings. The number of nitrogens with one attached hydrogen (secondary N) is 1. The molecular weight excluding hydrogens is 358 g/mol. The maximum atomic E-state index is 12.0. The molecule has 0 aliphatic carbocycles. The van der Waals surface area contributed by atoms with Crippen LogP contribution in [-0.2, 0) is 6.61 Å². The monoisotopic (exact) mass is 375 g/mol. The maximum absolute atomic E-state index is 12.0. The van der Waals surface area contributed by atoms with Crippen LogP contribution in [0.1, 0.15) is 21.5 Å². The Bertz CT molecular complexity index is 986. The van der Waals surface area contributed by atoms with E-state index in [0.29, 0.717) is 12.4 Å². The number of hydrazone groups is 1. The van der Waals surface area contributed by atoms with E-state index in [-0.39, 0.29) is 11.3 Å². The van der Waals surface area contributed by atoms with Gasteiger partial charge in [-0.25, -0.2) is 5.43 Å². The molecule has 0 radical (unpaired) electrons. The fourth-order valence-electron chi connectivity index (χ4n) is 2.39. The second kappa shape index (κ2) is 9.09. The number of nitrogens with zero attached hydrogens (tertiary/aromatic N) is 2. The van der Waals surface area contributed by atoms with Gasteiger partial charge < -0.3 is 4.74 Å². The normalized spacial score (nSPS) is 10.6. The second-order valence-electron chi connectivity index (χ2n) is 5.85. The van der Waals surface area contributed by atoms with Crippen LogP contribution in [0, 0.1) is 10.1 Å². The molecule has 1 N–H and O–H groups in total. The number of ether oxygens (including phenoxy) is 1. The molecule has 3 rings (SSSR count). The topological polar surface area (TPSA) is 93.8 Å². The first-order valence-corrected chi connectivity index (χ1v) is 8.46. The first-order chi connectivity index (χ1) is 13.6. The number of carbonyl (C=O) groups excluding carboxylic acids is 1. The van der Waals surface area contributed by atoms with E-state index in [1.54, 1.807) is 0 Å². The first kappa shape index (κ1) is 18.8. The van der Waals surface area contributed by atoms with Gasteiger partial charge in [0.2, 0.25) is 0 Å². The van der Waals surface area contributed by atoms with Crippen LogP contribution in [0.4, 0.5) is 5.69 Å². The molecular formula is C21H17N3O4. The van der Waals surface area contributed by atoms with Crippen molar-refractivity contribution in [2.45, 2.75) is 6.61 Å². The third-order valence-electron chi connectivity index (χ3n) is 3.83. The van der Waals surface area contributed by atoms with E-state index in [9.17, 15) is 14.9 Å². The Balaban J connectivity index is 1.56. The van der Waals surface area contributed by atoms with Crippen molar-refractivity contribution in [3.63, 3.8) is 0 Å². The van der Waals surface area contributed by atoms with E-state index in [1.807, 2.05) is 54.6 Å². The van der Waals surface area contributed by atoms with Gasteiger partial charge in [-0.3, -0.25) is 14.9 Å². The van der Waals surface area contributed by atoms with Crippen LogP contribution < -0.4 is 10.2 Å². The Hall–Kier alpha value is -4.00. The minimum atomic E-state index is -0.521. The molecule has 140 valence electrons. The Morgan fingerprint density at radius 3 is 2.50 bits per heavy atom. The Morgan fingerprint density at radius 1 is 1.04 bits per heavy atom. The lowest BCUT2D eigenvalue weighted by Crippen LogP contribution is -2.17. The zero-order valence-electron chi connectivity index (χ0n) is 14.8. The van der Waals surface area contributed by atoms with Crippen molar-refractivity contribution < 1.29 is 14.5 Å². The maximum Gasteiger partial charge on any atom is 0.271 e. The van der Waals surface area contributed by atoms with Gasteiger partial charge in [0.15, 0.2) is 0 Å². The Labute approximate surface area is 161 Å². The van der Waals surface area contributed by atoms with Gasteiger partial charge >= 0.3 is 0 Å². The van der Waals surface area contributed by atoms with Crippen molar-refractivity contribution in [2.75, 3.05) is 0 Å². The molecule has 0 atom stereocenters. The first-order valence-electron chi connectivity index (χ1n) is 8.46. The molecule has 0 saturated carbocycles. The van der Waals surface area contributed by atoms with E-state index in [1.165, 1.54) is 30.5 Å². The summed E-state index contributed by atoms with van der Waals surface area (Å²) < 4.78 is 5.76. The van der Waals surface area contributed by atoms with E-state index < -0.39 is 10.8 Å². The number of nitro benzene ring substituents is 1. The summed E-state index contributed by atoms with van der Waals surface area (Å²) >= 11 is 0. The minimum absolute atomic E-state index is 0.0765. The average Bonchev–Trinajstić information content (AvgIpc) is 2.73. The largest absolute Gasteiger partial charge is 0.489 e. The second-order valence-corrected chi connectivity index (χ2v) is 5.85. The lowest BCUT2D eigenvalue weighted by atomic mass is 10.2. The van der Waals surface area contributed by atoms with Crippen molar-refractivity contribution in [1.29, 1.82) is 0 Å². The smallest absolute Gasteiger partial charge is 0.271 e. The van der Waals surface area contributed by atoms with Crippen LogP contribution in [0.15, 0.2) is 84.0 Å². The van der Waals surface area contributed by atoms with Crippen molar-refractivity contribution in [3.8, 4) is 5.75 Å². The highest BCUT2D eigenvalue weighted by atomic mass is 16.6. The van der Waals surface area contributed by atoms with Gasteiger partial charge in [-0.05, 0) is 35.4 Å². The molecule has 0 unspecified atom stereocenters. The van der Waals surface area contributed by atoms with Gasteiger partial charge in [0.05, 0.1) is 11.1 Å². The molecule has 0 aliphatic rings. The fourth-order valence-corrected chi connectivity index (χ4v) is 2.39. The molecule has 0 aliphatic heterocycles. The zero-order valence-corrected chi connectivity index (χ0v) is 14.8. The van der Waals surface area contributed by atoms with Crippen LogP contribution in [0.3, 0.4) is 0 Å². The molecule has 0 fully saturated rings. The molecule has 0 spiro atoms. The molecule has 3 aromatic carbocycles. The van der Waals surface area contributed by atoms with Crippen LogP contribution in [0.2, 0.25) is 0 Å². The van der Waals surface area contributed by atoms with Gasteiger partial charge in [0.25, 0.3) is 11.6 Å². The van der Waals surface area contributed by atoms with Crippen LogP contribution in [0.25, 0.3) is 0 Å². The minimum Gasteiger partial charge on any atom is -0.489 e. The van der Waals surface area contributed by atoms with Gasteiger partial charge in [-0.15, -0.1) is 0 Å². The van der Waals surface area contributed by atoms with Gasteiger partial charge in [-0.1, -0.05) is 42.5 Å². The highest BCUT2D eigenvalue weighted by Gasteiger charge is 2.08. The number of rotatable bonds is 7. The Kier molecular flexibility index (Phi) is 6.10. The predicted molar refractivity (Wildman–Crippen MR) is 105 cm³/mol. The van der Waals surface area contributed by atoms with Crippen molar-refractivity contribution in [3.05, 3.63) is 106 Å². The molecule has 1 amide bonds. The zero-order chi connectivity index (χ0) is 19.8. The summed E-state index contributed by atoms with van der Waals surface area (Å²) in [7, 11) is 0. The highest BCUT2D eigenvalue weighted by molar-refractivity contribution is 5.95. The summed E-state index contributed by atoms with van der Waals surface area (Å²) in [5.74, 6) is 0.233. The lowest BCUT2D eigenvalue weighted by molar-refractivity contribution is -0.384. The average molecular weight is 375 g/mol. The third kappa shape index (κ3) is 5.25. The van der Waals surface area contributed by atoms with Gasteiger partial charge in [0.1, 0.15) is 12.4 Å². The van der Waals surface area contributed by atoms with E-state index in [4.69, 9.17) is 4.74 Å². The lowest BCUT2D eigenvalue weighted by Gasteiger charge is -2.06. The van der Waals surface area contributed by atoms with Crippen LogP contribution in [0.5, 0.6) is 5.75 Å². The van der Waals surface area contributed by atoms with E-state index in [0.717, 1.165) is 11.1 Å². The summed E-state index contributed by atoms with van der Waals surface area (Å²) in [6.45, 7) is 0.457. The summed E-state index contributed by atoms with van der Waals surface area (Å²) in [6.07, 6.45) is 1.50. The van der Waals surface area contributed by atoms with Gasteiger partial charge in [0, 0.05) is 17.7 Å². The number of carbonyl (C=O) groups is 1. The SMILES string of the molecule is O=C(NN=Cc1cccc(OCc2ccccc2)c1)c1ccc([N+](=O)[O-])cc1. The Morgan fingerprint density at radius 2 is 1.79 bits per heavy atom. The summed E-state index contributed by atoms with van der Waals surface area (Å²) in [5.41, 5.74) is 4.42. The number of benzene rings is 3. The summed E-state index contributed by atoms with van der Waals surface area (Å²) in [6, 6.07) is 22.4. The van der Waals surface area contributed by atoms with Crippen molar-refractivity contribution >= 4 is 17.8 Å². The molecule has 0 heterocycles. The number of amides is 1. The molecule has 7 nitrogen and oxygen atoms in total. The van der Waals surface area contributed by atoms with Crippen LogP contribution >= 0.6 is 0 Å². The van der Waals surface area contributed by atoms with E-state index in [2.05, 4.69) is 10.5 Å². The van der Waals surface area contributed by atoms with Gasteiger partial charge in [-0.2, -0.15) is 5.10 Å². The molecule has 0 bridgehead atoms.